The first-order valence-corrected chi connectivity index (χ1v) is 7.09. The van der Waals surface area contributed by atoms with E-state index in [1.165, 1.54) is 16.7 Å². The lowest BCUT2D eigenvalue weighted by molar-refractivity contribution is 0.0697. The standard InChI is InChI=1S/C16H11ClN2O4/c17-12-6-5-9(7-11(12)15(21)22)8-19-13-4-2-1-3-10(13)14(20)18-16(19)23/h1-7H,8H2,(H,21,22)(H,18,20,23). The fourth-order valence-electron chi connectivity index (χ4n) is 2.42. The molecule has 0 saturated carbocycles. The minimum atomic E-state index is -1.14. The summed E-state index contributed by atoms with van der Waals surface area (Å²) in [5, 5.41) is 9.63. The molecule has 2 N–H and O–H groups in total. The average Bonchev–Trinajstić information content (AvgIpc) is 2.52. The number of aromatic amines is 1. The van der Waals surface area contributed by atoms with E-state index in [0.29, 0.717) is 16.5 Å². The number of rotatable bonds is 3. The van der Waals surface area contributed by atoms with E-state index >= 15 is 0 Å². The third kappa shape index (κ3) is 2.76. The van der Waals surface area contributed by atoms with E-state index in [9.17, 15) is 14.4 Å². The number of carboxylic acids is 1. The first-order chi connectivity index (χ1) is 11.0. The summed E-state index contributed by atoms with van der Waals surface area (Å²) in [5.41, 5.74) is 0.0230. The number of para-hydroxylation sites is 1. The summed E-state index contributed by atoms with van der Waals surface area (Å²) in [5.74, 6) is -1.14. The summed E-state index contributed by atoms with van der Waals surface area (Å²) < 4.78 is 1.38. The molecule has 0 radical (unpaired) electrons. The number of nitrogens with one attached hydrogen (secondary N) is 1. The number of benzene rings is 2. The van der Waals surface area contributed by atoms with Gasteiger partial charge in [0.15, 0.2) is 0 Å². The van der Waals surface area contributed by atoms with Gasteiger partial charge in [0.25, 0.3) is 5.56 Å². The van der Waals surface area contributed by atoms with Crippen molar-refractivity contribution in [2.45, 2.75) is 6.54 Å². The highest BCUT2D eigenvalue weighted by Gasteiger charge is 2.12. The van der Waals surface area contributed by atoms with Crippen molar-refractivity contribution in [1.29, 1.82) is 0 Å². The normalized spacial score (nSPS) is 10.8. The van der Waals surface area contributed by atoms with Crippen molar-refractivity contribution in [3.8, 4) is 0 Å². The maximum atomic E-state index is 12.1. The van der Waals surface area contributed by atoms with Gasteiger partial charge in [0.1, 0.15) is 0 Å². The predicted octanol–water partition coefficient (Wildman–Crippen LogP) is 2.09. The zero-order chi connectivity index (χ0) is 16.6. The fraction of sp³-hybridized carbons (Fsp3) is 0.0625. The Hall–Kier alpha value is -2.86. The Morgan fingerprint density at radius 3 is 2.65 bits per heavy atom. The minimum absolute atomic E-state index is 0.0362. The number of carbonyl (C=O) groups is 1. The van der Waals surface area contributed by atoms with E-state index < -0.39 is 17.2 Å². The monoisotopic (exact) mass is 330 g/mol. The fourth-order valence-corrected chi connectivity index (χ4v) is 2.61. The molecule has 0 spiro atoms. The summed E-state index contributed by atoms with van der Waals surface area (Å²) in [6, 6.07) is 11.2. The first kappa shape index (κ1) is 15.1. The number of aromatic nitrogens is 2. The molecular formula is C16H11ClN2O4. The molecule has 1 aromatic heterocycles. The third-order valence-corrected chi connectivity index (χ3v) is 3.84. The van der Waals surface area contributed by atoms with Crippen LogP contribution in [0.5, 0.6) is 0 Å². The van der Waals surface area contributed by atoms with Crippen molar-refractivity contribution >= 4 is 28.5 Å². The number of aromatic carboxylic acids is 1. The summed E-state index contributed by atoms with van der Waals surface area (Å²) in [6.45, 7) is 0.119. The number of hydrogen-bond donors (Lipinski definition) is 2. The summed E-state index contributed by atoms with van der Waals surface area (Å²) in [6.07, 6.45) is 0. The highest BCUT2D eigenvalue weighted by atomic mass is 35.5. The Bertz CT molecular complexity index is 1040. The van der Waals surface area contributed by atoms with Gasteiger partial charge in [-0.2, -0.15) is 0 Å². The molecule has 3 aromatic rings. The SMILES string of the molecule is O=C(O)c1cc(Cn2c(=O)[nH]c(=O)c3ccccc32)ccc1Cl. The highest BCUT2D eigenvalue weighted by Crippen LogP contribution is 2.19. The van der Waals surface area contributed by atoms with Crippen molar-refractivity contribution in [2.75, 3.05) is 0 Å². The molecule has 6 nitrogen and oxygen atoms in total. The maximum absolute atomic E-state index is 12.1. The minimum Gasteiger partial charge on any atom is -0.478 e. The lowest BCUT2D eigenvalue weighted by atomic mass is 10.1. The summed E-state index contributed by atoms with van der Waals surface area (Å²) in [4.78, 5) is 37.3. The van der Waals surface area contributed by atoms with E-state index in [4.69, 9.17) is 16.7 Å². The Morgan fingerprint density at radius 1 is 1.17 bits per heavy atom. The Labute approximate surface area is 134 Å². The van der Waals surface area contributed by atoms with Gasteiger partial charge in [0, 0.05) is 0 Å². The quantitative estimate of drug-likeness (QED) is 0.769. The van der Waals surface area contributed by atoms with Gasteiger partial charge in [-0.1, -0.05) is 29.8 Å². The van der Waals surface area contributed by atoms with Crippen LogP contribution in [0.1, 0.15) is 15.9 Å². The van der Waals surface area contributed by atoms with Gasteiger partial charge in [-0.15, -0.1) is 0 Å². The molecule has 0 fully saturated rings. The molecule has 1 heterocycles. The van der Waals surface area contributed by atoms with Crippen molar-refractivity contribution in [3.05, 3.63) is 79.5 Å². The predicted molar refractivity (Wildman–Crippen MR) is 86.3 cm³/mol. The number of halogens is 1. The van der Waals surface area contributed by atoms with E-state index in [1.54, 1.807) is 30.3 Å². The number of fused-ring (bicyclic) bond motifs is 1. The number of hydrogen-bond acceptors (Lipinski definition) is 3. The zero-order valence-corrected chi connectivity index (χ0v) is 12.5. The zero-order valence-electron chi connectivity index (χ0n) is 11.7. The van der Waals surface area contributed by atoms with E-state index in [2.05, 4.69) is 4.98 Å². The third-order valence-electron chi connectivity index (χ3n) is 3.51. The van der Waals surface area contributed by atoms with E-state index in [1.807, 2.05) is 0 Å². The summed E-state index contributed by atoms with van der Waals surface area (Å²) in [7, 11) is 0. The second-order valence-corrected chi connectivity index (χ2v) is 5.39. The molecule has 0 bridgehead atoms. The molecule has 0 saturated heterocycles. The molecule has 0 amide bonds. The molecule has 23 heavy (non-hydrogen) atoms. The van der Waals surface area contributed by atoms with Gasteiger partial charge in [0.05, 0.1) is 28.0 Å². The van der Waals surface area contributed by atoms with Crippen LogP contribution in [0.4, 0.5) is 0 Å². The summed E-state index contributed by atoms with van der Waals surface area (Å²) >= 11 is 5.84. The van der Waals surface area contributed by atoms with Crippen LogP contribution in [0, 0.1) is 0 Å². The van der Waals surface area contributed by atoms with Crippen LogP contribution >= 0.6 is 11.6 Å². The topological polar surface area (TPSA) is 92.2 Å². The molecule has 0 aliphatic heterocycles. The van der Waals surface area contributed by atoms with Gasteiger partial charge in [-0.25, -0.2) is 9.59 Å². The molecule has 0 unspecified atom stereocenters. The van der Waals surface area contributed by atoms with Crippen LogP contribution in [-0.2, 0) is 6.54 Å². The van der Waals surface area contributed by atoms with E-state index in [-0.39, 0.29) is 17.1 Å². The molecule has 2 aromatic carbocycles. The Balaban J connectivity index is 2.16. The Kier molecular flexibility index (Phi) is 3.75. The van der Waals surface area contributed by atoms with Gasteiger partial charge in [-0.05, 0) is 29.8 Å². The van der Waals surface area contributed by atoms with Crippen LogP contribution < -0.4 is 11.2 Å². The van der Waals surface area contributed by atoms with Crippen molar-refractivity contribution in [1.82, 2.24) is 9.55 Å². The molecule has 0 aliphatic rings. The second kappa shape index (κ2) is 5.73. The van der Waals surface area contributed by atoms with Gasteiger partial charge >= 0.3 is 11.7 Å². The molecule has 7 heteroatoms. The van der Waals surface area contributed by atoms with Crippen LogP contribution in [0.2, 0.25) is 5.02 Å². The maximum Gasteiger partial charge on any atom is 0.337 e. The van der Waals surface area contributed by atoms with E-state index in [0.717, 1.165) is 0 Å². The molecule has 0 aliphatic carbocycles. The number of H-pyrrole nitrogens is 1. The Morgan fingerprint density at radius 2 is 1.91 bits per heavy atom. The largest absolute Gasteiger partial charge is 0.478 e. The van der Waals surface area contributed by atoms with Crippen LogP contribution in [0.3, 0.4) is 0 Å². The first-order valence-electron chi connectivity index (χ1n) is 6.71. The van der Waals surface area contributed by atoms with Crippen LogP contribution in [-0.4, -0.2) is 20.6 Å². The molecule has 3 rings (SSSR count). The van der Waals surface area contributed by atoms with Crippen LogP contribution in [0.15, 0.2) is 52.1 Å². The van der Waals surface area contributed by atoms with Gasteiger partial charge in [-0.3, -0.25) is 14.3 Å². The average molecular weight is 331 g/mol. The van der Waals surface area contributed by atoms with Crippen LogP contribution in [0.25, 0.3) is 10.9 Å². The number of carboxylic acid groups (broad SMARTS) is 1. The van der Waals surface area contributed by atoms with Gasteiger partial charge < -0.3 is 5.11 Å². The lowest BCUT2D eigenvalue weighted by Crippen LogP contribution is -2.30. The molecular weight excluding hydrogens is 320 g/mol. The lowest BCUT2D eigenvalue weighted by Gasteiger charge is -2.10. The second-order valence-electron chi connectivity index (χ2n) is 4.98. The highest BCUT2D eigenvalue weighted by molar-refractivity contribution is 6.33. The molecule has 0 atom stereocenters. The van der Waals surface area contributed by atoms with Gasteiger partial charge in [0.2, 0.25) is 0 Å². The molecule has 116 valence electrons. The van der Waals surface area contributed by atoms with Crippen molar-refractivity contribution < 1.29 is 9.90 Å². The smallest absolute Gasteiger partial charge is 0.337 e. The van der Waals surface area contributed by atoms with Crippen molar-refractivity contribution in [3.63, 3.8) is 0 Å². The number of nitrogens with zero attached hydrogens (tertiary/aromatic N) is 1. The van der Waals surface area contributed by atoms with Crippen molar-refractivity contribution in [2.24, 2.45) is 0 Å².